The summed E-state index contributed by atoms with van der Waals surface area (Å²) < 4.78 is 5.27. The van der Waals surface area contributed by atoms with Gasteiger partial charge in [0.15, 0.2) is 0 Å². The van der Waals surface area contributed by atoms with E-state index in [4.69, 9.17) is 4.74 Å². The molecule has 2 aromatic rings. The van der Waals surface area contributed by atoms with E-state index in [2.05, 4.69) is 5.32 Å². The summed E-state index contributed by atoms with van der Waals surface area (Å²) in [5, 5.41) is 3.43. The van der Waals surface area contributed by atoms with Gasteiger partial charge in [-0.1, -0.05) is 42.5 Å². The highest BCUT2D eigenvalue weighted by Gasteiger charge is 2.27. The van der Waals surface area contributed by atoms with E-state index in [-0.39, 0.29) is 11.9 Å². The molecule has 1 unspecified atom stereocenters. The molecular weight excluding hydrogens is 300 g/mol. The summed E-state index contributed by atoms with van der Waals surface area (Å²) in [6, 6.07) is 17.6. The molecule has 1 N–H and O–H groups in total. The van der Waals surface area contributed by atoms with Crippen LogP contribution in [0, 0.1) is 0 Å². The Hall–Kier alpha value is -2.33. The first-order valence-corrected chi connectivity index (χ1v) is 8.48. The lowest BCUT2D eigenvalue weighted by Crippen LogP contribution is -2.39. The normalized spacial score (nSPS) is 15.3. The lowest BCUT2D eigenvalue weighted by atomic mass is 10.0. The van der Waals surface area contributed by atoms with E-state index in [1.807, 2.05) is 59.5 Å². The van der Waals surface area contributed by atoms with Gasteiger partial charge in [-0.2, -0.15) is 0 Å². The first-order valence-electron chi connectivity index (χ1n) is 8.48. The average Bonchev–Trinajstić information content (AvgIpc) is 3.17. The number of hydrogen-bond acceptors (Lipinski definition) is 3. The summed E-state index contributed by atoms with van der Waals surface area (Å²) in [5.74, 6) is 0.998. The minimum atomic E-state index is -0.310. The number of methoxy groups -OCH3 is 1. The lowest BCUT2D eigenvalue weighted by Gasteiger charge is -2.24. The number of carbonyl (C=O) groups is 1. The van der Waals surface area contributed by atoms with Crippen molar-refractivity contribution in [2.24, 2.45) is 0 Å². The van der Waals surface area contributed by atoms with Crippen LogP contribution in [0.1, 0.15) is 30.0 Å². The van der Waals surface area contributed by atoms with E-state index >= 15 is 0 Å². The summed E-state index contributed by atoms with van der Waals surface area (Å²) >= 11 is 0. The largest absolute Gasteiger partial charge is 0.497 e. The zero-order valence-corrected chi connectivity index (χ0v) is 14.1. The molecule has 1 fully saturated rings. The van der Waals surface area contributed by atoms with E-state index in [9.17, 15) is 4.79 Å². The fourth-order valence-electron chi connectivity index (χ4n) is 3.12. The maximum atomic E-state index is 12.9. The first-order chi connectivity index (χ1) is 11.8. The first kappa shape index (κ1) is 16.5. The van der Waals surface area contributed by atoms with Crippen LogP contribution in [0.15, 0.2) is 54.6 Å². The third-order valence-corrected chi connectivity index (χ3v) is 4.44. The standard InChI is InChI=1S/C20H24N2O2/c1-24-18-11-7-8-16(14-18)15-21-19(17-9-3-2-4-10-17)20(23)22-12-5-6-13-22/h2-4,7-11,14,19,21H,5-6,12-13,15H2,1H3. The molecule has 0 aromatic heterocycles. The van der Waals surface area contributed by atoms with E-state index in [0.717, 1.165) is 42.8 Å². The maximum Gasteiger partial charge on any atom is 0.244 e. The van der Waals surface area contributed by atoms with E-state index in [1.165, 1.54) is 0 Å². The second-order valence-electron chi connectivity index (χ2n) is 6.11. The van der Waals surface area contributed by atoms with Crippen molar-refractivity contribution in [3.8, 4) is 5.75 Å². The Kier molecular flexibility index (Phi) is 5.49. The van der Waals surface area contributed by atoms with Crippen molar-refractivity contribution in [3.05, 3.63) is 65.7 Å². The number of amides is 1. The fourth-order valence-corrected chi connectivity index (χ4v) is 3.12. The van der Waals surface area contributed by atoms with Crippen molar-refractivity contribution in [3.63, 3.8) is 0 Å². The van der Waals surface area contributed by atoms with Crippen LogP contribution in [0.5, 0.6) is 5.75 Å². The topological polar surface area (TPSA) is 41.6 Å². The Labute approximate surface area is 143 Å². The molecule has 24 heavy (non-hydrogen) atoms. The highest BCUT2D eigenvalue weighted by molar-refractivity contribution is 5.83. The summed E-state index contributed by atoms with van der Waals surface area (Å²) in [6.07, 6.45) is 2.20. The molecule has 0 bridgehead atoms. The molecule has 1 aliphatic heterocycles. The minimum Gasteiger partial charge on any atom is -0.497 e. The number of carbonyl (C=O) groups excluding carboxylic acids is 1. The van der Waals surface area contributed by atoms with Crippen LogP contribution in [0.4, 0.5) is 0 Å². The number of likely N-dealkylation sites (tertiary alicyclic amines) is 1. The lowest BCUT2D eigenvalue weighted by molar-refractivity contribution is -0.132. The van der Waals surface area contributed by atoms with Gasteiger partial charge in [0.2, 0.25) is 5.91 Å². The maximum absolute atomic E-state index is 12.9. The SMILES string of the molecule is COc1cccc(CNC(C(=O)N2CCCC2)c2ccccc2)c1. The zero-order valence-electron chi connectivity index (χ0n) is 14.1. The van der Waals surface area contributed by atoms with Crippen LogP contribution in [0.2, 0.25) is 0 Å². The van der Waals surface area contributed by atoms with Gasteiger partial charge in [0.05, 0.1) is 7.11 Å². The van der Waals surface area contributed by atoms with Gasteiger partial charge in [-0.05, 0) is 36.1 Å². The number of hydrogen-bond donors (Lipinski definition) is 1. The van der Waals surface area contributed by atoms with Crippen molar-refractivity contribution in [1.29, 1.82) is 0 Å². The van der Waals surface area contributed by atoms with Gasteiger partial charge in [0.1, 0.15) is 11.8 Å². The molecule has 1 heterocycles. The average molecular weight is 324 g/mol. The Balaban J connectivity index is 1.75. The Morgan fingerprint density at radius 1 is 1.12 bits per heavy atom. The summed E-state index contributed by atoms with van der Waals surface area (Å²) in [6.45, 7) is 2.35. The Bertz CT molecular complexity index is 666. The van der Waals surface area contributed by atoms with Crippen molar-refractivity contribution in [2.75, 3.05) is 20.2 Å². The van der Waals surface area contributed by atoms with Gasteiger partial charge in [0, 0.05) is 19.6 Å². The molecule has 4 nitrogen and oxygen atoms in total. The third kappa shape index (κ3) is 3.95. The second kappa shape index (κ2) is 7.97. The predicted octanol–water partition coefficient (Wildman–Crippen LogP) is 3.15. The van der Waals surface area contributed by atoms with E-state index in [1.54, 1.807) is 7.11 Å². The van der Waals surface area contributed by atoms with Crippen LogP contribution in [0.25, 0.3) is 0 Å². The molecule has 0 aliphatic carbocycles. The van der Waals surface area contributed by atoms with Gasteiger partial charge >= 0.3 is 0 Å². The second-order valence-corrected chi connectivity index (χ2v) is 6.11. The molecule has 3 rings (SSSR count). The molecule has 1 aliphatic rings. The van der Waals surface area contributed by atoms with Gasteiger partial charge < -0.3 is 9.64 Å². The Morgan fingerprint density at radius 2 is 1.88 bits per heavy atom. The molecule has 2 aromatic carbocycles. The van der Waals surface area contributed by atoms with Crippen molar-refractivity contribution in [2.45, 2.75) is 25.4 Å². The molecule has 0 spiro atoms. The van der Waals surface area contributed by atoms with Crippen LogP contribution in [-0.2, 0) is 11.3 Å². The highest BCUT2D eigenvalue weighted by atomic mass is 16.5. The molecule has 4 heteroatoms. The monoisotopic (exact) mass is 324 g/mol. The summed E-state index contributed by atoms with van der Waals surface area (Å²) in [5.41, 5.74) is 2.11. The molecule has 1 saturated heterocycles. The number of nitrogens with zero attached hydrogens (tertiary/aromatic N) is 1. The van der Waals surface area contributed by atoms with Gasteiger partial charge in [-0.15, -0.1) is 0 Å². The van der Waals surface area contributed by atoms with Crippen molar-refractivity contribution < 1.29 is 9.53 Å². The minimum absolute atomic E-state index is 0.168. The van der Waals surface area contributed by atoms with Crippen LogP contribution in [0.3, 0.4) is 0 Å². The fraction of sp³-hybridized carbons (Fsp3) is 0.350. The highest BCUT2D eigenvalue weighted by Crippen LogP contribution is 2.20. The van der Waals surface area contributed by atoms with Gasteiger partial charge in [-0.25, -0.2) is 0 Å². The molecule has 126 valence electrons. The molecule has 0 radical (unpaired) electrons. The van der Waals surface area contributed by atoms with Crippen molar-refractivity contribution >= 4 is 5.91 Å². The molecule has 1 amide bonds. The number of nitrogens with one attached hydrogen (secondary N) is 1. The number of rotatable bonds is 6. The summed E-state index contributed by atoms with van der Waals surface area (Å²) in [7, 11) is 1.66. The quantitative estimate of drug-likeness (QED) is 0.887. The molecule has 0 saturated carbocycles. The van der Waals surface area contributed by atoms with Crippen molar-refractivity contribution in [1.82, 2.24) is 10.2 Å². The van der Waals surface area contributed by atoms with E-state index in [0.29, 0.717) is 6.54 Å². The zero-order chi connectivity index (χ0) is 16.8. The van der Waals surface area contributed by atoms with E-state index < -0.39 is 0 Å². The number of ether oxygens (including phenoxy) is 1. The van der Waals surface area contributed by atoms with Gasteiger partial charge in [0.25, 0.3) is 0 Å². The smallest absolute Gasteiger partial charge is 0.244 e. The third-order valence-electron chi connectivity index (χ3n) is 4.44. The van der Waals surface area contributed by atoms with Crippen LogP contribution >= 0.6 is 0 Å². The van der Waals surface area contributed by atoms with Gasteiger partial charge in [-0.3, -0.25) is 10.1 Å². The number of benzene rings is 2. The summed E-state index contributed by atoms with van der Waals surface area (Å²) in [4.78, 5) is 14.9. The van der Waals surface area contributed by atoms with Crippen LogP contribution in [-0.4, -0.2) is 31.0 Å². The molecule has 1 atom stereocenters. The Morgan fingerprint density at radius 3 is 2.58 bits per heavy atom. The van der Waals surface area contributed by atoms with Crippen LogP contribution < -0.4 is 10.1 Å². The predicted molar refractivity (Wildman–Crippen MR) is 94.8 cm³/mol. The molecular formula is C20H24N2O2.